The highest BCUT2D eigenvalue weighted by atomic mass is 35.5. The van der Waals surface area contributed by atoms with Crippen molar-refractivity contribution in [3.63, 3.8) is 0 Å². The van der Waals surface area contributed by atoms with Gasteiger partial charge < -0.3 is 20.1 Å². The van der Waals surface area contributed by atoms with Gasteiger partial charge in [-0.05, 0) is 24.1 Å². The molecule has 2 N–H and O–H groups in total. The number of hydrogen-bond donors (Lipinski definition) is 2. The Balaban J connectivity index is 2.43. The lowest BCUT2D eigenvalue weighted by Gasteiger charge is -2.20. The molecule has 1 rings (SSSR count). The van der Waals surface area contributed by atoms with Gasteiger partial charge in [-0.1, -0.05) is 24.6 Å². The number of benzene rings is 1. The zero-order valence-electron chi connectivity index (χ0n) is 12.9. The SMILES string of the molecule is COc1cc(CCNC(=O)N(C)CC(C)C(=O)O)ccc1Cl. The van der Waals surface area contributed by atoms with E-state index in [2.05, 4.69) is 5.32 Å². The third kappa shape index (κ3) is 5.44. The van der Waals surface area contributed by atoms with Crippen LogP contribution in [0.25, 0.3) is 0 Å². The highest BCUT2D eigenvalue weighted by molar-refractivity contribution is 6.32. The molecule has 0 spiro atoms. The van der Waals surface area contributed by atoms with E-state index in [1.54, 1.807) is 27.1 Å². The highest BCUT2D eigenvalue weighted by Gasteiger charge is 2.16. The Morgan fingerprint density at radius 1 is 1.45 bits per heavy atom. The second-order valence-corrected chi connectivity index (χ2v) is 5.48. The number of carbonyl (C=O) groups excluding carboxylic acids is 1. The minimum Gasteiger partial charge on any atom is -0.495 e. The van der Waals surface area contributed by atoms with Gasteiger partial charge in [-0.3, -0.25) is 4.79 Å². The van der Waals surface area contributed by atoms with Crippen LogP contribution in [0.1, 0.15) is 12.5 Å². The number of nitrogens with one attached hydrogen (secondary N) is 1. The third-order valence-corrected chi connectivity index (χ3v) is 3.53. The van der Waals surface area contributed by atoms with Crippen molar-refractivity contribution in [3.8, 4) is 5.75 Å². The Bertz CT molecular complexity index is 536. The molecule has 6 nitrogen and oxygen atoms in total. The van der Waals surface area contributed by atoms with Crippen LogP contribution in [0, 0.1) is 5.92 Å². The molecule has 0 fully saturated rings. The number of amides is 2. The molecular weight excluding hydrogens is 308 g/mol. The van der Waals surface area contributed by atoms with Crippen molar-refractivity contribution in [2.45, 2.75) is 13.3 Å². The van der Waals surface area contributed by atoms with Crippen LogP contribution in [0.3, 0.4) is 0 Å². The van der Waals surface area contributed by atoms with Crippen molar-refractivity contribution in [2.75, 3.05) is 27.2 Å². The Kier molecular flexibility index (Phi) is 6.98. The Hall–Kier alpha value is -1.95. The number of urea groups is 1. The largest absolute Gasteiger partial charge is 0.495 e. The maximum Gasteiger partial charge on any atom is 0.317 e. The lowest BCUT2D eigenvalue weighted by molar-refractivity contribution is -0.141. The van der Waals surface area contributed by atoms with Crippen molar-refractivity contribution >= 4 is 23.6 Å². The minimum atomic E-state index is -0.923. The third-order valence-electron chi connectivity index (χ3n) is 3.22. The maximum atomic E-state index is 11.8. The van der Waals surface area contributed by atoms with Crippen LogP contribution in [0.15, 0.2) is 18.2 Å². The van der Waals surface area contributed by atoms with E-state index < -0.39 is 11.9 Å². The first-order valence-corrected chi connectivity index (χ1v) is 7.27. The average Bonchev–Trinajstić information content (AvgIpc) is 2.48. The monoisotopic (exact) mass is 328 g/mol. The molecule has 0 aliphatic rings. The van der Waals surface area contributed by atoms with Gasteiger partial charge in [0, 0.05) is 20.1 Å². The first-order valence-electron chi connectivity index (χ1n) is 6.89. The molecule has 122 valence electrons. The molecule has 1 aromatic carbocycles. The molecule has 1 aromatic rings. The van der Waals surface area contributed by atoms with Crippen LogP contribution in [0.5, 0.6) is 5.75 Å². The van der Waals surface area contributed by atoms with Gasteiger partial charge in [-0.2, -0.15) is 0 Å². The van der Waals surface area contributed by atoms with Crippen molar-refractivity contribution in [1.29, 1.82) is 0 Å². The van der Waals surface area contributed by atoms with E-state index in [0.717, 1.165) is 5.56 Å². The first kappa shape index (κ1) is 18.1. The lowest BCUT2D eigenvalue weighted by Crippen LogP contribution is -2.41. The van der Waals surface area contributed by atoms with E-state index in [0.29, 0.717) is 23.7 Å². The van der Waals surface area contributed by atoms with Crippen LogP contribution >= 0.6 is 11.6 Å². The van der Waals surface area contributed by atoms with Crippen LogP contribution in [0.2, 0.25) is 5.02 Å². The molecule has 2 amide bonds. The number of carboxylic acid groups (broad SMARTS) is 1. The predicted molar refractivity (Wildman–Crippen MR) is 84.5 cm³/mol. The molecule has 1 atom stereocenters. The van der Waals surface area contributed by atoms with Gasteiger partial charge in [0.25, 0.3) is 0 Å². The molecule has 0 aromatic heterocycles. The zero-order valence-corrected chi connectivity index (χ0v) is 13.7. The highest BCUT2D eigenvalue weighted by Crippen LogP contribution is 2.25. The molecule has 0 radical (unpaired) electrons. The van der Waals surface area contributed by atoms with Crippen molar-refractivity contribution in [1.82, 2.24) is 10.2 Å². The number of rotatable bonds is 7. The van der Waals surface area contributed by atoms with Crippen molar-refractivity contribution < 1.29 is 19.4 Å². The quantitative estimate of drug-likeness (QED) is 0.804. The summed E-state index contributed by atoms with van der Waals surface area (Å²) in [5, 5.41) is 12.1. The number of ether oxygens (including phenoxy) is 1. The molecular formula is C15H21ClN2O4. The Morgan fingerprint density at radius 3 is 2.73 bits per heavy atom. The summed E-state index contributed by atoms with van der Waals surface area (Å²) in [7, 11) is 3.12. The summed E-state index contributed by atoms with van der Waals surface area (Å²) in [5.41, 5.74) is 0.989. The van der Waals surface area contributed by atoms with Crippen LogP contribution in [0.4, 0.5) is 4.79 Å². The number of carbonyl (C=O) groups is 2. The number of nitrogens with zero attached hydrogens (tertiary/aromatic N) is 1. The summed E-state index contributed by atoms with van der Waals surface area (Å²) < 4.78 is 5.13. The molecule has 0 saturated carbocycles. The predicted octanol–water partition coefficient (Wildman–Crippen LogP) is 2.25. The van der Waals surface area contributed by atoms with E-state index in [9.17, 15) is 9.59 Å². The fourth-order valence-corrected chi connectivity index (χ4v) is 2.07. The van der Waals surface area contributed by atoms with Gasteiger partial charge in [0.1, 0.15) is 5.75 Å². The molecule has 0 bridgehead atoms. The number of methoxy groups -OCH3 is 1. The van der Waals surface area contributed by atoms with Gasteiger partial charge in [-0.15, -0.1) is 0 Å². The molecule has 0 aliphatic heterocycles. The number of halogens is 1. The van der Waals surface area contributed by atoms with Crippen molar-refractivity contribution in [3.05, 3.63) is 28.8 Å². The van der Waals surface area contributed by atoms with E-state index in [-0.39, 0.29) is 12.6 Å². The normalized spacial score (nSPS) is 11.6. The lowest BCUT2D eigenvalue weighted by atomic mass is 10.1. The topological polar surface area (TPSA) is 78.9 Å². The van der Waals surface area contributed by atoms with Gasteiger partial charge in [0.05, 0.1) is 18.1 Å². The average molecular weight is 329 g/mol. The molecule has 0 heterocycles. The molecule has 0 aliphatic carbocycles. The Morgan fingerprint density at radius 2 is 2.14 bits per heavy atom. The number of hydrogen-bond acceptors (Lipinski definition) is 3. The fourth-order valence-electron chi connectivity index (χ4n) is 1.88. The number of carboxylic acids is 1. The Labute approximate surface area is 135 Å². The van der Waals surface area contributed by atoms with Gasteiger partial charge in [0.2, 0.25) is 0 Å². The minimum absolute atomic E-state index is 0.163. The summed E-state index contributed by atoms with van der Waals surface area (Å²) in [6.45, 7) is 2.16. The number of aliphatic carboxylic acids is 1. The van der Waals surface area contributed by atoms with Crippen LogP contribution in [-0.2, 0) is 11.2 Å². The molecule has 7 heteroatoms. The summed E-state index contributed by atoms with van der Waals surface area (Å²) in [6.07, 6.45) is 0.627. The van der Waals surface area contributed by atoms with E-state index in [4.69, 9.17) is 21.4 Å². The van der Waals surface area contributed by atoms with Gasteiger partial charge in [0.15, 0.2) is 0 Å². The smallest absolute Gasteiger partial charge is 0.317 e. The van der Waals surface area contributed by atoms with E-state index >= 15 is 0 Å². The van der Waals surface area contributed by atoms with E-state index in [1.165, 1.54) is 4.90 Å². The standard InChI is InChI=1S/C15H21ClN2O4/c1-10(14(19)20)9-18(2)15(21)17-7-6-11-4-5-12(16)13(8-11)22-3/h4-5,8,10H,6-7,9H2,1-3H3,(H,17,21)(H,19,20). The van der Waals surface area contributed by atoms with E-state index in [1.807, 2.05) is 12.1 Å². The maximum absolute atomic E-state index is 11.8. The first-order chi connectivity index (χ1) is 10.3. The van der Waals surface area contributed by atoms with Gasteiger partial charge in [-0.25, -0.2) is 4.79 Å². The molecule has 22 heavy (non-hydrogen) atoms. The fraction of sp³-hybridized carbons (Fsp3) is 0.467. The molecule has 0 saturated heterocycles. The zero-order chi connectivity index (χ0) is 16.7. The summed E-state index contributed by atoms with van der Waals surface area (Å²) in [5.74, 6) is -0.929. The van der Waals surface area contributed by atoms with Crippen LogP contribution in [-0.4, -0.2) is 49.3 Å². The molecule has 1 unspecified atom stereocenters. The second kappa shape index (κ2) is 8.48. The second-order valence-electron chi connectivity index (χ2n) is 5.07. The summed E-state index contributed by atoms with van der Waals surface area (Å²) in [6, 6.07) is 5.14. The summed E-state index contributed by atoms with van der Waals surface area (Å²) >= 11 is 5.95. The van der Waals surface area contributed by atoms with Crippen LogP contribution < -0.4 is 10.1 Å². The van der Waals surface area contributed by atoms with Crippen molar-refractivity contribution in [2.24, 2.45) is 5.92 Å². The van der Waals surface area contributed by atoms with Gasteiger partial charge >= 0.3 is 12.0 Å². The summed E-state index contributed by atoms with van der Waals surface area (Å²) in [4.78, 5) is 24.0.